The van der Waals surface area contributed by atoms with Crippen LogP contribution in [0.3, 0.4) is 0 Å². The predicted molar refractivity (Wildman–Crippen MR) is 91.3 cm³/mol. The Labute approximate surface area is 145 Å². The van der Waals surface area contributed by atoms with E-state index in [1.807, 2.05) is 0 Å². The molecule has 132 valence electrons. The minimum Gasteiger partial charge on any atom is -0.550 e. The average Bonchev–Trinajstić information content (AvgIpc) is 2.52. The van der Waals surface area contributed by atoms with E-state index in [2.05, 4.69) is 10.0 Å². The Morgan fingerprint density at radius 2 is 1.68 bits per heavy atom. The Morgan fingerprint density at radius 1 is 1.04 bits per heavy atom. The zero-order chi connectivity index (χ0) is 18.4. The van der Waals surface area contributed by atoms with Crippen LogP contribution in [0.25, 0.3) is 0 Å². The van der Waals surface area contributed by atoms with E-state index in [0.29, 0.717) is 16.9 Å². The number of anilines is 2. The van der Waals surface area contributed by atoms with Gasteiger partial charge in [0.25, 0.3) is 10.0 Å². The Kier molecular flexibility index (Phi) is 5.76. The smallest absolute Gasteiger partial charge is 0.261 e. The molecule has 0 heterocycles. The maximum atomic E-state index is 12.4. The summed E-state index contributed by atoms with van der Waals surface area (Å²) in [6.45, 7) is 1.36. The normalized spacial score (nSPS) is 10.9. The molecule has 0 saturated heterocycles. The summed E-state index contributed by atoms with van der Waals surface area (Å²) in [5.41, 5.74) is 1.49. The third-order valence-electron chi connectivity index (χ3n) is 3.29. The van der Waals surface area contributed by atoms with E-state index in [4.69, 9.17) is 0 Å². The molecule has 25 heavy (non-hydrogen) atoms. The second kappa shape index (κ2) is 7.80. The van der Waals surface area contributed by atoms with E-state index in [-0.39, 0.29) is 23.6 Å². The van der Waals surface area contributed by atoms with Crippen molar-refractivity contribution in [1.82, 2.24) is 0 Å². The summed E-state index contributed by atoms with van der Waals surface area (Å²) in [7, 11) is -3.80. The lowest BCUT2D eigenvalue weighted by Gasteiger charge is -2.10. The van der Waals surface area contributed by atoms with Gasteiger partial charge in [0, 0.05) is 18.6 Å². The van der Waals surface area contributed by atoms with Crippen LogP contribution in [-0.2, 0) is 26.0 Å². The van der Waals surface area contributed by atoms with Crippen molar-refractivity contribution in [3.8, 4) is 0 Å². The molecule has 1 amide bonds. The van der Waals surface area contributed by atoms with Gasteiger partial charge in [-0.15, -0.1) is 0 Å². The Morgan fingerprint density at radius 3 is 2.28 bits per heavy atom. The standard InChI is InChI=1S/C17H18N2O5S/c1-12(20)18-14-3-2-4-15(11-14)19-25(23,24)16-8-5-13(6-9-16)7-10-17(21)22/h2-6,8-9,11,19H,7,10H2,1H3,(H,18,20)(H,21,22)/p-1. The number of benzene rings is 2. The number of nitrogens with one attached hydrogen (secondary N) is 2. The van der Waals surface area contributed by atoms with Gasteiger partial charge in [0.05, 0.1) is 10.6 Å². The van der Waals surface area contributed by atoms with Crippen LogP contribution >= 0.6 is 0 Å². The van der Waals surface area contributed by atoms with Gasteiger partial charge >= 0.3 is 0 Å². The summed E-state index contributed by atoms with van der Waals surface area (Å²) in [5.74, 6) is -1.41. The monoisotopic (exact) mass is 361 g/mol. The van der Waals surface area contributed by atoms with Crippen LogP contribution in [0.1, 0.15) is 18.9 Å². The molecule has 0 unspecified atom stereocenters. The van der Waals surface area contributed by atoms with Crippen molar-refractivity contribution in [3.05, 3.63) is 54.1 Å². The minimum atomic E-state index is -3.80. The van der Waals surface area contributed by atoms with Gasteiger partial charge in [0.15, 0.2) is 0 Å². The summed E-state index contributed by atoms with van der Waals surface area (Å²) < 4.78 is 27.3. The van der Waals surface area contributed by atoms with Crippen LogP contribution < -0.4 is 15.1 Å². The van der Waals surface area contributed by atoms with E-state index in [1.165, 1.54) is 25.1 Å². The summed E-state index contributed by atoms with van der Waals surface area (Å²) in [6, 6.07) is 12.3. The first-order valence-electron chi connectivity index (χ1n) is 7.45. The quantitative estimate of drug-likeness (QED) is 0.767. The number of amides is 1. The maximum Gasteiger partial charge on any atom is 0.261 e. The lowest BCUT2D eigenvalue weighted by atomic mass is 10.1. The number of aliphatic carboxylic acids is 1. The summed E-state index contributed by atoms with van der Waals surface area (Å²) in [4.78, 5) is 21.6. The molecule has 0 aliphatic carbocycles. The van der Waals surface area contributed by atoms with Crippen molar-refractivity contribution in [2.45, 2.75) is 24.7 Å². The topological polar surface area (TPSA) is 115 Å². The fourth-order valence-electron chi connectivity index (χ4n) is 2.16. The molecule has 0 aliphatic rings. The molecule has 0 bridgehead atoms. The van der Waals surface area contributed by atoms with Gasteiger partial charge in [-0.1, -0.05) is 18.2 Å². The van der Waals surface area contributed by atoms with E-state index in [9.17, 15) is 23.1 Å². The maximum absolute atomic E-state index is 12.4. The second-order valence-electron chi connectivity index (χ2n) is 5.38. The van der Waals surface area contributed by atoms with Crippen molar-refractivity contribution >= 4 is 33.3 Å². The van der Waals surface area contributed by atoms with E-state index < -0.39 is 16.0 Å². The lowest BCUT2D eigenvalue weighted by Crippen LogP contribution is -2.22. The number of hydrogen-bond acceptors (Lipinski definition) is 5. The first-order valence-corrected chi connectivity index (χ1v) is 8.94. The highest BCUT2D eigenvalue weighted by molar-refractivity contribution is 7.92. The fraction of sp³-hybridized carbons (Fsp3) is 0.176. The van der Waals surface area contributed by atoms with E-state index >= 15 is 0 Å². The summed E-state index contributed by atoms with van der Waals surface area (Å²) in [5, 5.41) is 13.0. The lowest BCUT2D eigenvalue weighted by molar-refractivity contribution is -0.305. The molecule has 0 aromatic heterocycles. The first-order chi connectivity index (χ1) is 11.8. The van der Waals surface area contributed by atoms with Crippen LogP contribution in [0, 0.1) is 0 Å². The average molecular weight is 361 g/mol. The summed E-state index contributed by atoms with van der Waals surface area (Å²) in [6.07, 6.45) is 0.148. The predicted octanol–water partition coefficient (Wildman–Crippen LogP) is 1.13. The molecule has 8 heteroatoms. The van der Waals surface area contributed by atoms with Gasteiger partial charge in [-0.05, 0) is 48.7 Å². The van der Waals surface area contributed by atoms with Crippen LogP contribution in [0.4, 0.5) is 11.4 Å². The Bertz CT molecular complexity index is 876. The molecule has 0 spiro atoms. The van der Waals surface area contributed by atoms with Gasteiger partial charge in [0.2, 0.25) is 5.91 Å². The van der Waals surface area contributed by atoms with E-state index in [1.54, 1.807) is 30.3 Å². The number of carboxylic acids is 1. The second-order valence-corrected chi connectivity index (χ2v) is 7.07. The molecular formula is C17H17N2O5S-. The minimum absolute atomic E-state index is 0.0506. The number of sulfonamides is 1. The van der Waals surface area contributed by atoms with Crippen LogP contribution in [0.2, 0.25) is 0 Å². The van der Waals surface area contributed by atoms with Gasteiger partial charge in [-0.3, -0.25) is 9.52 Å². The highest BCUT2D eigenvalue weighted by Gasteiger charge is 2.14. The molecule has 0 atom stereocenters. The van der Waals surface area contributed by atoms with Crippen molar-refractivity contribution in [1.29, 1.82) is 0 Å². The third kappa shape index (κ3) is 5.61. The molecule has 0 fully saturated rings. The largest absolute Gasteiger partial charge is 0.550 e. The highest BCUT2D eigenvalue weighted by Crippen LogP contribution is 2.20. The van der Waals surface area contributed by atoms with Crippen LogP contribution in [0.5, 0.6) is 0 Å². The molecule has 2 aromatic rings. The number of carbonyl (C=O) groups is 2. The van der Waals surface area contributed by atoms with Crippen molar-refractivity contribution < 1.29 is 23.1 Å². The van der Waals surface area contributed by atoms with Gasteiger partial charge in [-0.25, -0.2) is 8.42 Å². The number of rotatable bonds is 7. The van der Waals surface area contributed by atoms with Gasteiger partial charge < -0.3 is 15.2 Å². The van der Waals surface area contributed by atoms with Gasteiger partial charge in [-0.2, -0.15) is 0 Å². The molecule has 0 radical (unpaired) electrons. The Balaban J connectivity index is 2.13. The number of hydrogen-bond donors (Lipinski definition) is 2. The highest BCUT2D eigenvalue weighted by atomic mass is 32.2. The van der Waals surface area contributed by atoms with Crippen molar-refractivity contribution in [2.75, 3.05) is 10.0 Å². The fourth-order valence-corrected chi connectivity index (χ4v) is 3.21. The van der Waals surface area contributed by atoms with Gasteiger partial charge in [0.1, 0.15) is 0 Å². The number of aryl methyl sites for hydroxylation is 1. The molecule has 2 N–H and O–H groups in total. The third-order valence-corrected chi connectivity index (χ3v) is 4.68. The zero-order valence-corrected chi connectivity index (χ0v) is 14.3. The molecular weight excluding hydrogens is 344 g/mol. The Hall–Kier alpha value is -2.87. The number of carbonyl (C=O) groups excluding carboxylic acids is 2. The van der Waals surface area contributed by atoms with Crippen LogP contribution in [0.15, 0.2) is 53.4 Å². The van der Waals surface area contributed by atoms with Crippen LogP contribution in [-0.4, -0.2) is 20.3 Å². The number of carboxylic acid groups (broad SMARTS) is 1. The SMILES string of the molecule is CC(=O)Nc1cccc(NS(=O)(=O)c2ccc(CCC(=O)[O-])cc2)c1. The zero-order valence-electron chi connectivity index (χ0n) is 13.5. The van der Waals surface area contributed by atoms with E-state index in [0.717, 1.165) is 0 Å². The molecule has 0 aliphatic heterocycles. The summed E-state index contributed by atoms with van der Waals surface area (Å²) >= 11 is 0. The molecule has 7 nitrogen and oxygen atoms in total. The molecule has 0 saturated carbocycles. The molecule has 2 rings (SSSR count). The first kappa shape index (κ1) is 18.5. The van der Waals surface area contributed by atoms with Crippen molar-refractivity contribution in [3.63, 3.8) is 0 Å². The van der Waals surface area contributed by atoms with Crippen molar-refractivity contribution in [2.24, 2.45) is 0 Å². The molecule has 2 aromatic carbocycles.